The summed E-state index contributed by atoms with van der Waals surface area (Å²) >= 11 is 0. The fraction of sp³-hybridized carbons (Fsp3) is 0.467. The third-order valence-electron chi connectivity index (χ3n) is 3.86. The van der Waals surface area contributed by atoms with Crippen molar-refractivity contribution in [2.45, 2.75) is 32.2 Å². The number of halogens is 1. The molecule has 3 heterocycles. The fourth-order valence-electron chi connectivity index (χ4n) is 2.66. The quantitative estimate of drug-likeness (QED) is 0.865. The molecule has 2 aromatic heterocycles. The Kier molecular flexibility index (Phi) is 3.98. The molecule has 2 N–H and O–H groups in total. The normalized spacial score (nSPS) is 19.7. The monoisotopic (exact) mass is 304 g/mol. The van der Waals surface area contributed by atoms with Crippen molar-refractivity contribution in [3.8, 4) is 0 Å². The van der Waals surface area contributed by atoms with Gasteiger partial charge < -0.3 is 15.5 Å². The summed E-state index contributed by atoms with van der Waals surface area (Å²) in [6.07, 6.45) is 2.82. The van der Waals surface area contributed by atoms with Crippen LogP contribution in [0.25, 0.3) is 5.65 Å². The van der Waals surface area contributed by atoms with Gasteiger partial charge >= 0.3 is 0 Å². The van der Waals surface area contributed by atoms with E-state index in [9.17, 15) is 4.39 Å². The molecule has 0 bridgehead atoms. The van der Waals surface area contributed by atoms with E-state index in [0.717, 1.165) is 22.7 Å². The number of hydrogen-bond donors (Lipinski definition) is 2. The summed E-state index contributed by atoms with van der Waals surface area (Å²) < 4.78 is 15.2. The number of hydrogen-bond acceptors (Lipinski definition) is 5. The van der Waals surface area contributed by atoms with Crippen molar-refractivity contribution >= 4 is 5.65 Å². The lowest BCUT2D eigenvalue weighted by atomic mass is 10.2. The average molecular weight is 304 g/mol. The van der Waals surface area contributed by atoms with Crippen LogP contribution in [0.3, 0.4) is 0 Å². The van der Waals surface area contributed by atoms with Gasteiger partial charge in [-0.2, -0.15) is 5.10 Å². The maximum Gasteiger partial charge on any atom is 0.154 e. The van der Waals surface area contributed by atoms with Gasteiger partial charge in [-0.1, -0.05) is 6.58 Å². The Bertz CT molecular complexity index is 680. The maximum absolute atomic E-state index is 13.4. The first-order chi connectivity index (χ1) is 10.6. The molecule has 118 valence electrons. The van der Waals surface area contributed by atoms with E-state index in [1.165, 1.54) is 0 Å². The molecule has 7 heteroatoms. The van der Waals surface area contributed by atoms with Crippen LogP contribution in [0.2, 0.25) is 0 Å². The first-order valence-electron chi connectivity index (χ1n) is 7.39. The zero-order valence-corrected chi connectivity index (χ0v) is 12.9. The molecule has 1 aliphatic rings. The molecule has 0 aromatic carbocycles. The SMILES string of the molecule is C=C1NC(C(C)F)CN1Cc1cnn2cc(CNC)nc2c1. The van der Waals surface area contributed by atoms with Gasteiger partial charge in [0, 0.05) is 19.6 Å². The molecule has 6 nitrogen and oxygen atoms in total. The topological polar surface area (TPSA) is 57.5 Å². The number of fused-ring (bicyclic) bond motifs is 1. The molecule has 22 heavy (non-hydrogen) atoms. The minimum absolute atomic E-state index is 0.196. The van der Waals surface area contributed by atoms with E-state index in [1.54, 1.807) is 11.4 Å². The van der Waals surface area contributed by atoms with Crippen molar-refractivity contribution in [1.82, 2.24) is 30.1 Å². The highest BCUT2D eigenvalue weighted by molar-refractivity contribution is 5.40. The molecule has 1 aliphatic heterocycles. The predicted octanol–water partition coefficient (Wildman–Crippen LogP) is 1.05. The fourth-order valence-corrected chi connectivity index (χ4v) is 2.66. The van der Waals surface area contributed by atoms with Crippen LogP contribution in [0.15, 0.2) is 30.9 Å². The minimum atomic E-state index is -0.904. The number of alkyl halides is 1. The minimum Gasteiger partial charge on any atom is -0.365 e. The zero-order chi connectivity index (χ0) is 15.7. The van der Waals surface area contributed by atoms with Gasteiger partial charge in [0.25, 0.3) is 0 Å². The zero-order valence-electron chi connectivity index (χ0n) is 12.9. The summed E-state index contributed by atoms with van der Waals surface area (Å²) in [6.45, 7) is 7.49. The van der Waals surface area contributed by atoms with E-state index < -0.39 is 6.17 Å². The third-order valence-corrected chi connectivity index (χ3v) is 3.86. The molecular formula is C15H21FN6. The van der Waals surface area contributed by atoms with Crippen LogP contribution in [-0.4, -0.2) is 45.3 Å². The smallest absolute Gasteiger partial charge is 0.154 e. The molecule has 2 aromatic rings. The van der Waals surface area contributed by atoms with Gasteiger partial charge in [-0.05, 0) is 25.6 Å². The highest BCUT2D eigenvalue weighted by Crippen LogP contribution is 2.18. The Hall–Kier alpha value is -2.15. The van der Waals surface area contributed by atoms with Gasteiger partial charge in [-0.3, -0.25) is 0 Å². The summed E-state index contributed by atoms with van der Waals surface area (Å²) in [4.78, 5) is 6.55. The summed E-state index contributed by atoms with van der Waals surface area (Å²) in [5, 5.41) is 10.5. The van der Waals surface area contributed by atoms with Gasteiger partial charge in [0.1, 0.15) is 6.17 Å². The largest absolute Gasteiger partial charge is 0.365 e. The van der Waals surface area contributed by atoms with Crippen LogP contribution in [0, 0.1) is 0 Å². The Morgan fingerprint density at radius 1 is 1.59 bits per heavy atom. The summed E-state index contributed by atoms with van der Waals surface area (Å²) in [5.74, 6) is 0.758. The van der Waals surface area contributed by atoms with Gasteiger partial charge in [0.05, 0.1) is 30.0 Å². The molecule has 2 atom stereocenters. The predicted molar refractivity (Wildman–Crippen MR) is 82.8 cm³/mol. The molecule has 1 saturated heterocycles. The van der Waals surface area contributed by atoms with E-state index in [4.69, 9.17) is 0 Å². The molecule has 0 radical (unpaired) electrons. The van der Waals surface area contributed by atoms with Crippen LogP contribution in [0.5, 0.6) is 0 Å². The number of aromatic nitrogens is 3. The second kappa shape index (κ2) is 5.92. The van der Waals surface area contributed by atoms with Crippen molar-refractivity contribution in [3.63, 3.8) is 0 Å². The van der Waals surface area contributed by atoms with E-state index in [-0.39, 0.29) is 6.04 Å². The van der Waals surface area contributed by atoms with Crippen molar-refractivity contribution in [2.75, 3.05) is 13.6 Å². The molecule has 3 rings (SSSR count). The maximum atomic E-state index is 13.4. The Balaban J connectivity index is 1.75. The first-order valence-corrected chi connectivity index (χ1v) is 7.39. The van der Waals surface area contributed by atoms with Crippen LogP contribution in [-0.2, 0) is 13.1 Å². The lowest BCUT2D eigenvalue weighted by molar-refractivity contribution is 0.277. The van der Waals surface area contributed by atoms with Gasteiger partial charge in [0.15, 0.2) is 5.65 Å². The van der Waals surface area contributed by atoms with E-state index in [1.807, 2.05) is 30.4 Å². The lowest BCUT2D eigenvalue weighted by Gasteiger charge is -2.17. The molecule has 0 aliphatic carbocycles. The third kappa shape index (κ3) is 2.89. The van der Waals surface area contributed by atoms with Crippen molar-refractivity contribution < 1.29 is 4.39 Å². The van der Waals surface area contributed by atoms with E-state index >= 15 is 0 Å². The lowest BCUT2D eigenvalue weighted by Crippen LogP contribution is -2.31. The summed E-state index contributed by atoms with van der Waals surface area (Å²) in [6, 6.07) is 1.81. The van der Waals surface area contributed by atoms with Crippen LogP contribution >= 0.6 is 0 Å². The van der Waals surface area contributed by atoms with Crippen LogP contribution in [0.1, 0.15) is 18.2 Å². The van der Waals surface area contributed by atoms with Crippen LogP contribution < -0.4 is 10.6 Å². The van der Waals surface area contributed by atoms with E-state index in [2.05, 4.69) is 27.3 Å². The first kappa shape index (κ1) is 14.8. The molecule has 0 saturated carbocycles. The van der Waals surface area contributed by atoms with Gasteiger partial charge in [-0.25, -0.2) is 13.9 Å². The number of rotatable bonds is 5. The van der Waals surface area contributed by atoms with Crippen molar-refractivity contribution in [3.05, 3.63) is 42.1 Å². The molecular weight excluding hydrogens is 283 g/mol. The standard InChI is InChI=1S/C15H21FN6/c1-10(16)14-9-21(11(2)19-14)7-12-4-15-20-13(6-17-3)8-22(15)18-5-12/h4-5,8,10,14,17,19H,2,6-7,9H2,1,3H3. The van der Waals surface area contributed by atoms with Crippen LogP contribution in [0.4, 0.5) is 4.39 Å². The van der Waals surface area contributed by atoms with Crippen molar-refractivity contribution in [1.29, 1.82) is 0 Å². The number of nitrogens with one attached hydrogen (secondary N) is 2. The number of imidazole rings is 1. The molecule has 2 unspecified atom stereocenters. The van der Waals surface area contributed by atoms with Gasteiger partial charge in [-0.15, -0.1) is 0 Å². The second-order valence-corrected chi connectivity index (χ2v) is 5.68. The second-order valence-electron chi connectivity index (χ2n) is 5.68. The summed E-state index contributed by atoms with van der Waals surface area (Å²) in [5.41, 5.74) is 2.80. The summed E-state index contributed by atoms with van der Waals surface area (Å²) in [7, 11) is 1.89. The Labute approximate surface area is 129 Å². The average Bonchev–Trinajstić information content (AvgIpc) is 3.03. The van der Waals surface area contributed by atoms with Crippen molar-refractivity contribution in [2.24, 2.45) is 0 Å². The highest BCUT2D eigenvalue weighted by Gasteiger charge is 2.28. The Morgan fingerprint density at radius 3 is 3.09 bits per heavy atom. The Morgan fingerprint density at radius 2 is 2.41 bits per heavy atom. The molecule has 0 spiro atoms. The van der Waals surface area contributed by atoms with E-state index in [0.29, 0.717) is 19.6 Å². The highest BCUT2D eigenvalue weighted by atomic mass is 19.1. The number of nitrogens with zero attached hydrogens (tertiary/aromatic N) is 4. The molecule has 1 fully saturated rings. The van der Waals surface area contributed by atoms with Gasteiger partial charge in [0.2, 0.25) is 0 Å². The molecule has 0 amide bonds.